The summed E-state index contributed by atoms with van der Waals surface area (Å²) in [7, 11) is 7.61. The predicted molar refractivity (Wildman–Crippen MR) is 90.3 cm³/mol. The van der Waals surface area contributed by atoms with Gasteiger partial charge in [-0.1, -0.05) is 0 Å². The quantitative estimate of drug-likeness (QED) is 0.809. The van der Waals surface area contributed by atoms with Crippen LogP contribution < -0.4 is 15.0 Å². The van der Waals surface area contributed by atoms with E-state index < -0.39 is 5.97 Å². The molecule has 0 aliphatic heterocycles. The minimum Gasteiger partial charge on any atom is -0.490 e. The van der Waals surface area contributed by atoms with Crippen molar-refractivity contribution in [1.29, 1.82) is 0 Å². The molecule has 3 N–H and O–H groups in total. The molecule has 1 aromatic carbocycles. The largest absolute Gasteiger partial charge is 0.490 e. The number of hydrogen-bond acceptors (Lipinski definition) is 4. The van der Waals surface area contributed by atoms with Crippen molar-refractivity contribution in [3.63, 3.8) is 0 Å². The minimum absolute atomic E-state index is 0.0313. The Balaban J connectivity index is 0.000000745. The van der Waals surface area contributed by atoms with E-state index in [0.29, 0.717) is 5.75 Å². The molecule has 2 rings (SSSR count). The summed E-state index contributed by atoms with van der Waals surface area (Å²) in [5.74, 6) is -0.280. The van der Waals surface area contributed by atoms with E-state index >= 15 is 0 Å². The van der Waals surface area contributed by atoms with Crippen LogP contribution in [-0.4, -0.2) is 50.4 Å². The topological polar surface area (TPSA) is 77.6 Å². The Morgan fingerprint density at radius 2 is 1.86 bits per heavy atom. The lowest BCUT2D eigenvalue weighted by Gasteiger charge is -2.16. The van der Waals surface area contributed by atoms with Crippen molar-refractivity contribution in [2.45, 2.75) is 20.0 Å². The zero-order valence-corrected chi connectivity index (χ0v) is 14.0. The normalized spacial score (nSPS) is 10.3. The molecule has 122 valence electrons. The number of carbonyl (C=O) groups is 1. The number of aromatic carboxylic acids is 1. The molecule has 0 radical (unpaired) electrons. The average molecular weight is 307 g/mol. The maximum Gasteiger partial charge on any atom is 0.352 e. The summed E-state index contributed by atoms with van der Waals surface area (Å²) in [6, 6.07) is 5.44. The van der Waals surface area contributed by atoms with Gasteiger partial charge < -0.3 is 25.0 Å². The number of nitrogens with one attached hydrogen (secondary N) is 2. The molecule has 6 heteroatoms. The van der Waals surface area contributed by atoms with Crippen molar-refractivity contribution >= 4 is 22.6 Å². The molecule has 0 bridgehead atoms. The van der Waals surface area contributed by atoms with Crippen LogP contribution in [0.2, 0.25) is 0 Å². The Hall–Kier alpha value is -2.21. The summed E-state index contributed by atoms with van der Waals surface area (Å²) in [5, 5.41) is 12.6. The highest BCUT2D eigenvalue weighted by Crippen LogP contribution is 2.32. The number of anilines is 1. The number of benzene rings is 1. The molecule has 0 saturated carbocycles. The Bertz CT molecular complexity index is 633. The van der Waals surface area contributed by atoms with Gasteiger partial charge >= 0.3 is 5.97 Å². The van der Waals surface area contributed by atoms with Crippen LogP contribution in [-0.2, 0) is 0 Å². The molecular weight excluding hydrogens is 282 g/mol. The molecule has 0 atom stereocenters. The Morgan fingerprint density at radius 1 is 1.27 bits per heavy atom. The van der Waals surface area contributed by atoms with Crippen molar-refractivity contribution in [1.82, 2.24) is 10.3 Å². The lowest BCUT2D eigenvalue weighted by molar-refractivity contribution is 0.0691. The van der Waals surface area contributed by atoms with E-state index in [1.54, 1.807) is 6.07 Å². The van der Waals surface area contributed by atoms with Crippen molar-refractivity contribution in [2.75, 3.05) is 33.1 Å². The van der Waals surface area contributed by atoms with E-state index in [2.05, 4.69) is 10.3 Å². The number of carboxylic acids is 1. The third-order valence-electron chi connectivity index (χ3n) is 2.79. The van der Waals surface area contributed by atoms with E-state index in [-0.39, 0.29) is 11.8 Å². The highest BCUT2D eigenvalue weighted by atomic mass is 16.5. The van der Waals surface area contributed by atoms with Crippen molar-refractivity contribution in [3.05, 3.63) is 23.9 Å². The van der Waals surface area contributed by atoms with Gasteiger partial charge in [0.05, 0.1) is 11.6 Å². The average Bonchev–Trinajstić information content (AvgIpc) is 2.83. The van der Waals surface area contributed by atoms with Crippen molar-refractivity contribution < 1.29 is 14.6 Å². The van der Waals surface area contributed by atoms with Gasteiger partial charge in [-0.3, -0.25) is 0 Å². The summed E-state index contributed by atoms with van der Waals surface area (Å²) >= 11 is 0. The van der Waals surface area contributed by atoms with Crippen molar-refractivity contribution in [3.8, 4) is 5.75 Å². The predicted octanol–water partition coefficient (Wildman–Crippen LogP) is 2.55. The summed E-state index contributed by atoms with van der Waals surface area (Å²) in [6.07, 6.45) is 0.0313. The molecule has 1 heterocycles. The van der Waals surface area contributed by atoms with Gasteiger partial charge in [-0.25, -0.2) is 4.79 Å². The van der Waals surface area contributed by atoms with Gasteiger partial charge in [0, 0.05) is 31.2 Å². The SMILES string of the molecule is CC(C)Oc1cc(N(C)C)cc2[nH]c(C(=O)O)cc12.CNC. The molecule has 0 aliphatic rings. The van der Waals surface area contributed by atoms with E-state index in [4.69, 9.17) is 9.84 Å². The van der Waals surface area contributed by atoms with Gasteiger partial charge in [-0.2, -0.15) is 0 Å². The summed E-state index contributed by atoms with van der Waals surface area (Å²) in [6.45, 7) is 3.89. The maximum atomic E-state index is 11.0. The van der Waals surface area contributed by atoms with Crippen LogP contribution in [0.3, 0.4) is 0 Å². The fourth-order valence-electron chi connectivity index (χ4n) is 1.91. The molecule has 0 saturated heterocycles. The third-order valence-corrected chi connectivity index (χ3v) is 2.79. The van der Waals surface area contributed by atoms with E-state index in [1.807, 2.05) is 59.1 Å². The lowest BCUT2D eigenvalue weighted by Crippen LogP contribution is -2.10. The van der Waals surface area contributed by atoms with E-state index in [1.165, 1.54) is 0 Å². The fourth-order valence-corrected chi connectivity index (χ4v) is 1.91. The molecule has 1 aromatic heterocycles. The van der Waals surface area contributed by atoms with Crippen LogP contribution in [0.4, 0.5) is 5.69 Å². The Kier molecular flexibility index (Phi) is 6.24. The second kappa shape index (κ2) is 7.70. The number of carboxylic acid groups (broad SMARTS) is 1. The molecule has 0 amide bonds. The maximum absolute atomic E-state index is 11.0. The molecule has 0 unspecified atom stereocenters. The molecule has 0 fully saturated rings. The number of aromatic nitrogens is 1. The first-order chi connectivity index (χ1) is 10.3. The highest BCUT2D eigenvalue weighted by molar-refractivity contribution is 5.97. The zero-order chi connectivity index (χ0) is 16.9. The standard InChI is InChI=1S/C14H18N2O3.C2H7N/c1-8(2)19-13-6-9(16(3)4)5-11-10(13)7-12(15-11)14(17)18;1-3-2/h5-8,15H,1-4H3,(H,17,18);3H,1-2H3. The molecule has 0 aliphatic carbocycles. The Labute approximate surface area is 131 Å². The third kappa shape index (κ3) is 4.39. The van der Waals surface area contributed by atoms with Crippen LogP contribution in [0.25, 0.3) is 10.9 Å². The summed E-state index contributed by atoms with van der Waals surface area (Å²) < 4.78 is 5.77. The first kappa shape index (κ1) is 17.8. The number of hydrogen-bond donors (Lipinski definition) is 3. The second-order valence-electron chi connectivity index (χ2n) is 5.45. The molecule has 0 spiro atoms. The number of fused-ring (bicyclic) bond motifs is 1. The summed E-state index contributed by atoms with van der Waals surface area (Å²) in [4.78, 5) is 15.9. The van der Waals surface area contributed by atoms with Gasteiger partial charge in [0.2, 0.25) is 0 Å². The fraction of sp³-hybridized carbons (Fsp3) is 0.438. The van der Waals surface area contributed by atoms with Gasteiger partial charge in [0.25, 0.3) is 0 Å². The van der Waals surface area contributed by atoms with Gasteiger partial charge in [-0.15, -0.1) is 0 Å². The lowest BCUT2D eigenvalue weighted by atomic mass is 10.2. The monoisotopic (exact) mass is 307 g/mol. The molecule has 22 heavy (non-hydrogen) atoms. The van der Waals surface area contributed by atoms with Gasteiger partial charge in [0.1, 0.15) is 11.4 Å². The van der Waals surface area contributed by atoms with Crippen LogP contribution in [0, 0.1) is 0 Å². The second-order valence-corrected chi connectivity index (χ2v) is 5.45. The number of rotatable bonds is 4. The van der Waals surface area contributed by atoms with Crippen LogP contribution >= 0.6 is 0 Å². The Morgan fingerprint density at radius 3 is 2.32 bits per heavy atom. The van der Waals surface area contributed by atoms with Crippen LogP contribution in [0.15, 0.2) is 18.2 Å². The highest BCUT2D eigenvalue weighted by Gasteiger charge is 2.14. The van der Waals surface area contributed by atoms with Crippen LogP contribution in [0.5, 0.6) is 5.75 Å². The number of aromatic amines is 1. The first-order valence-corrected chi connectivity index (χ1v) is 7.12. The molecule has 6 nitrogen and oxygen atoms in total. The first-order valence-electron chi connectivity index (χ1n) is 7.12. The number of nitrogens with zero attached hydrogens (tertiary/aromatic N) is 1. The van der Waals surface area contributed by atoms with Crippen molar-refractivity contribution in [2.24, 2.45) is 0 Å². The minimum atomic E-state index is -0.974. The number of H-pyrrole nitrogens is 1. The number of ether oxygens (including phenoxy) is 1. The summed E-state index contributed by atoms with van der Waals surface area (Å²) in [5.41, 5.74) is 1.89. The van der Waals surface area contributed by atoms with Crippen LogP contribution in [0.1, 0.15) is 24.3 Å². The smallest absolute Gasteiger partial charge is 0.352 e. The molecule has 2 aromatic rings. The van der Waals surface area contributed by atoms with Gasteiger partial charge in [-0.05, 0) is 40.1 Å². The van der Waals surface area contributed by atoms with E-state index in [0.717, 1.165) is 16.6 Å². The van der Waals surface area contributed by atoms with Gasteiger partial charge in [0.15, 0.2) is 0 Å². The molecular formula is C16H25N3O3. The zero-order valence-electron chi connectivity index (χ0n) is 14.0. The van der Waals surface area contributed by atoms with E-state index in [9.17, 15) is 4.79 Å².